The normalized spacial score (nSPS) is 10.9. The van der Waals surface area contributed by atoms with Gasteiger partial charge in [0.15, 0.2) is 0 Å². The minimum atomic E-state index is -3.44. The Morgan fingerprint density at radius 1 is 1.39 bits per heavy atom. The van der Waals surface area contributed by atoms with Crippen molar-refractivity contribution in [1.29, 1.82) is 0 Å². The topological polar surface area (TPSA) is 116 Å². The number of hydrogen-bond donors (Lipinski definition) is 3. The molecule has 8 nitrogen and oxygen atoms in total. The van der Waals surface area contributed by atoms with Crippen LogP contribution in [0.1, 0.15) is 10.4 Å². The highest BCUT2D eigenvalue weighted by Crippen LogP contribution is 2.22. The van der Waals surface area contributed by atoms with Gasteiger partial charge in [0.1, 0.15) is 5.75 Å². The van der Waals surface area contributed by atoms with Gasteiger partial charge in [0, 0.05) is 19.3 Å². The van der Waals surface area contributed by atoms with Crippen LogP contribution in [0.3, 0.4) is 0 Å². The van der Waals surface area contributed by atoms with E-state index < -0.39 is 21.8 Å². The number of nitrogens with zero attached hydrogens (tertiary/aromatic N) is 1. The summed E-state index contributed by atoms with van der Waals surface area (Å²) in [6.07, 6.45) is 1.07. The van der Waals surface area contributed by atoms with E-state index in [1.54, 1.807) is 0 Å². The van der Waals surface area contributed by atoms with Crippen molar-refractivity contribution in [3.63, 3.8) is 0 Å². The van der Waals surface area contributed by atoms with Crippen LogP contribution in [-0.4, -0.2) is 56.6 Å². The first kappa shape index (κ1) is 18.7. The lowest BCUT2D eigenvalue weighted by Crippen LogP contribution is -2.34. The highest BCUT2D eigenvalue weighted by atomic mass is 32.2. The number of benzene rings is 1. The van der Waals surface area contributed by atoms with E-state index in [4.69, 9.17) is 0 Å². The molecule has 0 atom stereocenters. The smallest absolute Gasteiger partial charge is 0.257 e. The molecule has 1 rings (SSSR count). The number of hydrogen-bond acceptors (Lipinski definition) is 5. The second kappa shape index (κ2) is 7.75. The number of aromatic hydroxyl groups is 1. The quantitative estimate of drug-likeness (QED) is 0.482. The summed E-state index contributed by atoms with van der Waals surface area (Å²) in [5, 5.41) is 12.3. The SMILES string of the molecule is C=CC(=O)Nc1ccc(O)c(C(=O)N(C)CCS(=O)(=O)NC)c1. The third-order valence-electron chi connectivity index (χ3n) is 3.03. The van der Waals surface area contributed by atoms with Crippen LogP contribution in [0.5, 0.6) is 5.75 Å². The molecule has 1 aromatic rings. The summed E-state index contributed by atoms with van der Waals surface area (Å²) in [5.74, 6) is -1.56. The average Bonchev–Trinajstić information content (AvgIpc) is 2.53. The van der Waals surface area contributed by atoms with Crippen LogP contribution in [-0.2, 0) is 14.8 Å². The van der Waals surface area contributed by atoms with Crippen molar-refractivity contribution in [2.45, 2.75) is 0 Å². The maximum atomic E-state index is 12.3. The third kappa shape index (κ3) is 5.38. The van der Waals surface area contributed by atoms with Gasteiger partial charge >= 0.3 is 0 Å². The second-order valence-electron chi connectivity index (χ2n) is 4.68. The van der Waals surface area contributed by atoms with Gasteiger partial charge in [-0.1, -0.05) is 6.58 Å². The van der Waals surface area contributed by atoms with Crippen LogP contribution in [0.2, 0.25) is 0 Å². The monoisotopic (exact) mass is 341 g/mol. The first-order valence-electron chi connectivity index (χ1n) is 6.63. The molecule has 0 heterocycles. The molecule has 0 unspecified atom stereocenters. The number of carbonyl (C=O) groups excluding carboxylic acids is 2. The fourth-order valence-corrected chi connectivity index (χ4v) is 2.36. The summed E-state index contributed by atoms with van der Waals surface area (Å²) in [6.45, 7) is 3.27. The number of rotatable bonds is 7. The van der Waals surface area contributed by atoms with Crippen LogP contribution < -0.4 is 10.0 Å². The van der Waals surface area contributed by atoms with E-state index in [1.807, 2.05) is 0 Å². The standard InChI is InChI=1S/C14H19N3O5S/c1-4-13(19)16-10-5-6-12(18)11(9-10)14(20)17(3)7-8-23(21,22)15-2/h4-6,9,15,18H,1,7-8H2,2-3H3,(H,16,19). The molecule has 126 valence electrons. The number of phenols is 1. The Labute approximate surface area is 134 Å². The molecule has 0 bridgehead atoms. The molecule has 0 radical (unpaired) electrons. The van der Waals surface area contributed by atoms with Crippen LogP contribution in [0.15, 0.2) is 30.9 Å². The molecule has 0 spiro atoms. The van der Waals surface area contributed by atoms with Gasteiger partial charge in [0.2, 0.25) is 15.9 Å². The molecule has 0 aliphatic heterocycles. The van der Waals surface area contributed by atoms with Gasteiger partial charge in [-0.05, 0) is 31.3 Å². The first-order valence-corrected chi connectivity index (χ1v) is 8.28. The average molecular weight is 341 g/mol. The van der Waals surface area contributed by atoms with Gasteiger partial charge in [-0.2, -0.15) is 0 Å². The Kier molecular flexibility index (Phi) is 6.28. The Hall–Kier alpha value is -2.39. The lowest BCUT2D eigenvalue weighted by Gasteiger charge is -2.18. The van der Waals surface area contributed by atoms with Crippen molar-refractivity contribution in [2.75, 3.05) is 31.7 Å². The summed E-state index contributed by atoms with van der Waals surface area (Å²) < 4.78 is 24.9. The summed E-state index contributed by atoms with van der Waals surface area (Å²) in [4.78, 5) is 24.7. The van der Waals surface area contributed by atoms with E-state index in [0.717, 1.165) is 6.08 Å². The van der Waals surface area contributed by atoms with Crippen molar-refractivity contribution in [1.82, 2.24) is 9.62 Å². The molecule has 0 aromatic heterocycles. The van der Waals surface area contributed by atoms with E-state index in [1.165, 1.54) is 37.2 Å². The Morgan fingerprint density at radius 2 is 2.04 bits per heavy atom. The van der Waals surface area contributed by atoms with Crippen molar-refractivity contribution in [3.05, 3.63) is 36.4 Å². The predicted octanol–water partition coefficient (Wildman–Crippen LogP) is 0.138. The minimum Gasteiger partial charge on any atom is -0.507 e. The van der Waals surface area contributed by atoms with Crippen molar-refractivity contribution >= 4 is 27.5 Å². The Morgan fingerprint density at radius 3 is 2.61 bits per heavy atom. The molecule has 0 saturated carbocycles. The molecule has 1 aromatic carbocycles. The number of amides is 2. The summed E-state index contributed by atoms with van der Waals surface area (Å²) in [7, 11) is -0.737. The van der Waals surface area contributed by atoms with E-state index in [2.05, 4.69) is 16.6 Å². The van der Waals surface area contributed by atoms with Gasteiger partial charge in [-0.15, -0.1) is 0 Å². The highest BCUT2D eigenvalue weighted by Gasteiger charge is 2.18. The molecule has 0 aliphatic carbocycles. The maximum Gasteiger partial charge on any atom is 0.257 e. The lowest BCUT2D eigenvalue weighted by atomic mass is 10.1. The van der Waals surface area contributed by atoms with Crippen LogP contribution >= 0.6 is 0 Å². The summed E-state index contributed by atoms with van der Waals surface area (Å²) >= 11 is 0. The van der Waals surface area contributed by atoms with Crippen LogP contribution in [0.25, 0.3) is 0 Å². The Bertz CT molecular complexity index is 715. The van der Waals surface area contributed by atoms with Crippen molar-refractivity contribution in [2.24, 2.45) is 0 Å². The molecule has 3 N–H and O–H groups in total. The van der Waals surface area contributed by atoms with Gasteiger partial charge in [-0.3, -0.25) is 9.59 Å². The zero-order chi connectivity index (χ0) is 17.6. The van der Waals surface area contributed by atoms with Crippen LogP contribution in [0, 0.1) is 0 Å². The number of phenolic OH excluding ortho intramolecular Hbond substituents is 1. The first-order chi connectivity index (χ1) is 10.7. The lowest BCUT2D eigenvalue weighted by molar-refractivity contribution is -0.111. The number of anilines is 1. The number of nitrogens with one attached hydrogen (secondary N) is 2. The highest BCUT2D eigenvalue weighted by molar-refractivity contribution is 7.89. The Balaban J connectivity index is 2.91. The molecule has 0 aliphatic rings. The van der Waals surface area contributed by atoms with Crippen molar-refractivity contribution < 1.29 is 23.1 Å². The largest absolute Gasteiger partial charge is 0.507 e. The zero-order valence-corrected chi connectivity index (χ0v) is 13.7. The van der Waals surface area contributed by atoms with Gasteiger partial charge in [-0.25, -0.2) is 13.1 Å². The molecular formula is C14H19N3O5S. The van der Waals surface area contributed by atoms with Crippen molar-refractivity contribution in [3.8, 4) is 5.75 Å². The fourth-order valence-electron chi connectivity index (χ4n) is 1.64. The molecule has 0 fully saturated rings. The number of sulfonamides is 1. The van der Waals surface area contributed by atoms with Gasteiger partial charge in [0.25, 0.3) is 5.91 Å². The van der Waals surface area contributed by atoms with Gasteiger partial charge in [0.05, 0.1) is 11.3 Å². The fraction of sp³-hybridized carbons (Fsp3) is 0.286. The number of carbonyl (C=O) groups is 2. The predicted molar refractivity (Wildman–Crippen MR) is 86.7 cm³/mol. The summed E-state index contributed by atoms with van der Waals surface area (Å²) in [6, 6.07) is 4.01. The summed E-state index contributed by atoms with van der Waals surface area (Å²) in [5.41, 5.74) is 0.267. The zero-order valence-electron chi connectivity index (χ0n) is 12.9. The van der Waals surface area contributed by atoms with E-state index in [9.17, 15) is 23.1 Å². The molecule has 2 amide bonds. The maximum absolute atomic E-state index is 12.3. The third-order valence-corrected chi connectivity index (χ3v) is 4.38. The molecular weight excluding hydrogens is 322 g/mol. The second-order valence-corrected chi connectivity index (χ2v) is 6.72. The van der Waals surface area contributed by atoms with Gasteiger partial charge < -0.3 is 15.3 Å². The van der Waals surface area contributed by atoms with E-state index in [0.29, 0.717) is 5.69 Å². The van der Waals surface area contributed by atoms with E-state index >= 15 is 0 Å². The molecule has 9 heteroatoms. The molecule has 23 heavy (non-hydrogen) atoms. The van der Waals surface area contributed by atoms with E-state index in [-0.39, 0.29) is 23.6 Å². The minimum absolute atomic E-state index is 0.0452. The molecule has 0 saturated heterocycles. The van der Waals surface area contributed by atoms with Crippen LogP contribution in [0.4, 0.5) is 5.69 Å².